The largest absolute Gasteiger partial charge is 0.281 e. The predicted octanol–water partition coefficient (Wildman–Crippen LogP) is 0.655. The minimum absolute atomic E-state index is 0.405. The normalized spacial score (nSPS) is 10.6. The lowest BCUT2D eigenvalue weighted by Crippen LogP contribution is -2.16. The highest BCUT2D eigenvalue weighted by Gasteiger charge is 2.10. The van der Waals surface area contributed by atoms with E-state index < -0.39 is 15.8 Å². The zero-order valence-corrected chi connectivity index (χ0v) is 8.37. The van der Waals surface area contributed by atoms with E-state index in [1.807, 2.05) is 0 Å². The molecule has 5 nitrogen and oxygen atoms in total. The molecule has 0 atom stereocenters. The summed E-state index contributed by atoms with van der Waals surface area (Å²) in [4.78, 5) is 3.91. The van der Waals surface area contributed by atoms with Crippen LogP contribution in [0.25, 0.3) is 0 Å². The summed E-state index contributed by atoms with van der Waals surface area (Å²) >= 11 is 0. The molecule has 0 radical (unpaired) electrons. The van der Waals surface area contributed by atoms with E-state index in [1.165, 1.54) is 0 Å². The van der Waals surface area contributed by atoms with Crippen molar-refractivity contribution in [2.24, 2.45) is 0 Å². The van der Waals surface area contributed by atoms with E-state index in [0.29, 0.717) is 11.4 Å². The fraction of sp³-hybridized carbons (Fsp3) is 0.250. The van der Waals surface area contributed by atoms with Crippen LogP contribution < -0.4 is 4.72 Å². The van der Waals surface area contributed by atoms with Crippen molar-refractivity contribution >= 4 is 15.7 Å². The maximum Gasteiger partial charge on any atom is 0.246 e. The van der Waals surface area contributed by atoms with Gasteiger partial charge in [0.1, 0.15) is 0 Å². The van der Waals surface area contributed by atoms with Gasteiger partial charge in [-0.25, -0.2) is 8.42 Å². The number of hydrogen-bond donors (Lipinski definition) is 1. The van der Waals surface area contributed by atoms with Gasteiger partial charge in [0.2, 0.25) is 10.0 Å². The van der Waals surface area contributed by atoms with E-state index in [9.17, 15) is 8.42 Å². The molecule has 1 N–H and O–H groups in total. The van der Waals surface area contributed by atoms with Crippen LogP contribution in [0.1, 0.15) is 5.69 Å². The molecule has 0 aliphatic heterocycles. The highest BCUT2D eigenvalue weighted by molar-refractivity contribution is 7.92. The summed E-state index contributed by atoms with van der Waals surface area (Å²) in [5.41, 5.74) is 0.983. The minimum Gasteiger partial charge on any atom is -0.281 e. The first-order valence-corrected chi connectivity index (χ1v) is 5.49. The van der Waals surface area contributed by atoms with Crippen molar-refractivity contribution in [2.75, 3.05) is 10.5 Å². The standard InChI is InChI=1S/C8H9N3O2S/c1-7-8(3-2-5-10-7)11-14(12,13)6-4-9/h2-3,5,11H,6H2,1H3. The Morgan fingerprint density at radius 1 is 1.64 bits per heavy atom. The summed E-state index contributed by atoms with van der Waals surface area (Å²) in [7, 11) is -3.56. The van der Waals surface area contributed by atoms with Crippen LogP contribution in [0.4, 0.5) is 5.69 Å². The zero-order valence-electron chi connectivity index (χ0n) is 7.56. The van der Waals surface area contributed by atoms with Gasteiger partial charge in [0, 0.05) is 6.20 Å². The average Bonchev–Trinajstić information content (AvgIpc) is 2.08. The number of anilines is 1. The van der Waals surface area contributed by atoms with Crippen molar-refractivity contribution in [1.82, 2.24) is 4.98 Å². The summed E-state index contributed by atoms with van der Waals surface area (Å²) in [5, 5.41) is 8.26. The minimum atomic E-state index is -3.56. The van der Waals surface area contributed by atoms with Crippen LogP contribution in [-0.2, 0) is 10.0 Å². The molecule has 1 rings (SSSR count). The monoisotopic (exact) mass is 211 g/mol. The zero-order chi connectivity index (χ0) is 10.6. The van der Waals surface area contributed by atoms with Crippen LogP contribution in [0, 0.1) is 18.3 Å². The van der Waals surface area contributed by atoms with Gasteiger partial charge in [-0.05, 0) is 19.1 Å². The van der Waals surface area contributed by atoms with Gasteiger partial charge in [-0.15, -0.1) is 0 Å². The maximum absolute atomic E-state index is 11.2. The van der Waals surface area contributed by atoms with Gasteiger partial charge in [-0.3, -0.25) is 9.71 Å². The van der Waals surface area contributed by atoms with Crippen molar-refractivity contribution in [1.29, 1.82) is 5.26 Å². The smallest absolute Gasteiger partial charge is 0.246 e. The lowest BCUT2D eigenvalue weighted by atomic mass is 10.3. The first-order chi connectivity index (χ1) is 6.55. The molecule has 1 aromatic rings. The Bertz CT molecular complexity index is 462. The van der Waals surface area contributed by atoms with Crippen LogP contribution in [-0.4, -0.2) is 19.2 Å². The van der Waals surface area contributed by atoms with E-state index in [2.05, 4.69) is 9.71 Å². The van der Waals surface area contributed by atoms with Crippen LogP contribution in [0.3, 0.4) is 0 Å². The van der Waals surface area contributed by atoms with Crippen LogP contribution in [0.2, 0.25) is 0 Å². The number of aromatic nitrogens is 1. The Kier molecular flexibility index (Phi) is 3.04. The van der Waals surface area contributed by atoms with Crippen LogP contribution in [0.15, 0.2) is 18.3 Å². The highest BCUT2D eigenvalue weighted by Crippen LogP contribution is 2.11. The molecule has 6 heteroatoms. The molecule has 0 bridgehead atoms. The fourth-order valence-electron chi connectivity index (χ4n) is 0.881. The molecule has 14 heavy (non-hydrogen) atoms. The second-order valence-corrected chi connectivity index (χ2v) is 4.38. The molecule has 0 aliphatic carbocycles. The van der Waals surface area contributed by atoms with E-state index >= 15 is 0 Å². The first-order valence-electron chi connectivity index (χ1n) is 3.84. The van der Waals surface area contributed by atoms with E-state index in [-0.39, 0.29) is 0 Å². The first kappa shape index (κ1) is 10.5. The second-order valence-electron chi connectivity index (χ2n) is 2.66. The summed E-state index contributed by atoms with van der Waals surface area (Å²) in [5.74, 6) is -0.554. The molecular weight excluding hydrogens is 202 g/mol. The van der Waals surface area contributed by atoms with Crippen molar-refractivity contribution in [3.8, 4) is 6.07 Å². The number of nitriles is 1. The Morgan fingerprint density at radius 3 is 2.93 bits per heavy atom. The Labute approximate surface area is 82.4 Å². The van der Waals surface area contributed by atoms with Gasteiger partial charge in [-0.1, -0.05) is 0 Å². The summed E-state index contributed by atoms with van der Waals surface area (Å²) in [6.07, 6.45) is 1.57. The van der Waals surface area contributed by atoms with Crippen LogP contribution >= 0.6 is 0 Å². The number of nitrogens with one attached hydrogen (secondary N) is 1. The average molecular weight is 211 g/mol. The number of hydrogen-bond acceptors (Lipinski definition) is 4. The SMILES string of the molecule is Cc1ncccc1NS(=O)(=O)CC#N. The van der Waals surface area contributed by atoms with Crippen molar-refractivity contribution in [3.63, 3.8) is 0 Å². The number of pyridine rings is 1. The second kappa shape index (κ2) is 4.07. The summed E-state index contributed by atoms with van der Waals surface area (Å²) in [6, 6.07) is 4.79. The van der Waals surface area contributed by atoms with Gasteiger partial charge in [0.05, 0.1) is 17.5 Å². The third kappa shape index (κ3) is 2.71. The molecule has 1 heterocycles. The van der Waals surface area contributed by atoms with Gasteiger partial charge in [-0.2, -0.15) is 5.26 Å². The van der Waals surface area contributed by atoms with Gasteiger partial charge >= 0.3 is 0 Å². The lowest BCUT2D eigenvalue weighted by molar-refractivity contribution is 0.604. The summed E-state index contributed by atoms with van der Waals surface area (Å²) < 4.78 is 24.7. The molecule has 1 aromatic heterocycles. The van der Waals surface area contributed by atoms with Crippen molar-refractivity contribution in [3.05, 3.63) is 24.0 Å². The predicted molar refractivity (Wildman–Crippen MR) is 52.0 cm³/mol. The highest BCUT2D eigenvalue weighted by atomic mass is 32.2. The molecule has 0 fully saturated rings. The summed E-state index contributed by atoms with van der Waals surface area (Å²) in [6.45, 7) is 1.68. The van der Waals surface area contributed by atoms with Gasteiger partial charge in [0.15, 0.2) is 5.75 Å². The van der Waals surface area contributed by atoms with E-state index in [1.54, 1.807) is 31.3 Å². The lowest BCUT2D eigenvalue weighted by Gasteiger charge is -2.06. The number of aryl methyl sites for hydroxylation is 1. The molecule has 74 valence electrons. The molecule has 0 saturated carbocycles. The molecule has 0 unspecified atom stereocenters. The quantitative estimate of drug-likeness (QED) is 0.795. The number of nitrogens with zero attached hydrogens (tertiary/aromatic N) is 2. The van der Waals surface area contributed by atoms with Gasteiger partial charge in [0.25, 0.3) is 0 Å². The van der Waals surface area contributed by atoms with Gasteiger partial charge < -0.3 is 0 Å². The molecule has 0 spiro atoms. The van der Waals surface area contributed by atoms with E-state index in [4.69, 9.17) is 5.26 Å². The molecule has 0 amide bonds. The Balaban J connectivity index is 2.91. The topological polar surface area (TPSA) is 82.8 Å². The molecule has 0 aliphatic rings. The Morgan fingerprint density at radius 2 is 2.36 bits per heavy atom. The van der Waals surface area contributed by atoms with Crippen LogP contribution in [0.5, 0.6) is 0 Å². The third-order valence-corrected chi connectivity index (χ3v) is 2.57. The maximum atomic E-state index is 11.2. The molecule has 0 saturated heterocycles. The van der Waals surface area contributed by atoms with E-state index in [0.717, 1.165) is 0 Å². The Hall–Kier alpha value is -1.61. The van der Waals surface area contributed by atoms with Crippen molar-refractivity contribution in [2.45, 2.75) is 6.92 Å². The molecular formula is C8H9N3O2S. The third-order valence-electron chi connectivity index (χ3n) is 1.53. The number of rotatable bonds is 3. The fourth-order valence-corrected chi connectivity index (χ4v) is 1.67. The molecule has 0 aromatic carbocycles. The number of sulfonamides is 1. The van der Waals surface area contributed by atoms with Crippen molar-refractivity contribution < 1.29 is 8.42 Å².